The molecule has 2 aromatic rings. The van der Waals surface area contributed by atoms with E-state index in [0.29, 0.717) is 11.8 Å². The van der Waals surface area contributed by atoms with Gasteiger partial charge in [0, 0.05) is 29.2 Å². The van der Waals surface area contributed by atoms with Gasteiger partial charge in [-0.15, -0.1) is 0 Å². The number of benzene rings is 1. The second-order valence-electron chi connectivity index (χ2n) is 5.01. The summed E-state index contributed by atoms with van der Waals surface area (Å²) in [6.45, 7) is 5.14. The predicted molar refractivity (Wildman–Crippen MR) is 88.9 cm³/mol. The van der Waals surface area contributed by atoms with Gasteiger partial charge in [0.25, 0.3) is 0 Å². The number of nitrogens with zero attached hydrogens (tertiary/aromatic N) is 2. The molecule has 1 aromatic carbocycles. The third-order valence-corrected chi connectivity index (χ3v) is 4.24. The summed E-state index contributed by atoms with van der Waals surface area (Å²) in [5, 5.41) is 8.09. The van der Waals surface area contributed by atoms with Gasteiger partial charge in [-0.2, -0.15) is 5.10 Å². The van der Waals surface area contributed by atoms with Gasteiger partial charge >= 0.3 is 0 Å². The normalized spacial score (nSPS) is 11.0. The number of aromatic nitrogens is 2. The van der Waals surface area contributed by atoms with Crippen LogP contribution in [0.5, 0.6) is 5.75 Å². The van der Waals surface area contributed by atoms with E-state index < -0.39 is 0 Å². The lowest BCUT2D eigenvalue weighted by Crippen LogP contribution is -2.09. The Hall–Kier alpha value is -1.04. The van der Waals surface area contributed by atoms with Crippen LogP contribution in [0.3, 0.4) is 0 Å². The molecule has 0 bridgehead atoms. The molecule has 0 aliphatic rings. The highest BCUT2D eigenvalue weighted by Crippen LogP contribution is 2.30. The van der Waals surface area contributed by atoms with Gasteiger partial charge in [-0.25, -0.2) is 0 Å². The van der Waals surface area contributed by atoms with E-state index in [1.807, 2.05) is 34.0 Å². The number of hydrogen-bond acceptors (Lipinski definition) is 3. The molecule has 0 saturated carbocycles. The molecule has 0 amide bonds. The maximum absolute atomic E-state index is 6.25. The Morgan fingerprint density at radius 1 is 1.38 bits per heavy atom. The molecule has 1 aromatic heterocycles. The van der Waals surface area contributed by atoms with Crippen LogP contribution in [0.15, 0.2) is 16.6 Å². The Bertz CT molecular complexity index is 655. The Labute approximate surface area is 138 Å². The molecule has 0 aliphatic carbocycles. The maximum atomic E-state index is 6.25. The molecule has 1 heterocycles. The zero-order valence-electron chi connectivity index (χ0n) is 12.6. The highest BCUT2D eigenvalue weighted by atomic mass is 79.9. The summed E-state index contributed by atoms with van der Waals surface area (Å²) in [7, 11) is 3.75. The van der Waals surface area contributed by atoms with E-state index in [1.165, 1.54) is 0 Å². The third kappa shape index (κ3) is 3.59. The van der Waals surface area contributed by atoms with Crippen LogP contribution in [0.4, 0.5) is 0 Å². The van der Waals surface area contributed by atoms with Gasteiger partial charge in [-0.05, 0) is 38.6 Å². The molecule has 21 heavy (non-hydrogen) atoms. The Kier molecular flexibility index (Phi) is 5.30. The van der Waals surface area contributed by atoms with Gasteiger partial charge in [0.1, 0.15) is 17.5 Å². The van der Waals surface area contributed by atoms with Gasteiger partial charge in [0.2, 0.25) is 0 Å². The third-order valence-electron chi connectivity index (χ3n) is 3.31. The van der Waals surface area contributed by atoms with Crippen LogP contribution in [0.2, 0.25) is 5.15 Å². The highest BCUT2D eigenvalue weighted by molar-refractivity contribution is 9.10. The minimum Gasteiger partial charge on any atom is -0.488 e. The molecule has 1 N–H and O–H groups in total. The van der Waals surface area contributed by atoms with E-state index in [1.54, 1.807) is 4.68 Å². The van der Waals surface area contributed by atoms with Crippen LogP contribution in [-0.4, -0.2) is 16.8 Å². The molecule has 114 valence electrons. The van der Waals surface area contributed by atoms with Crippen LogP contribution in [0, 0.1) is 13.8 Å². The van der Waals surface area contributed by atoms with Crippen molar-refractivity contribution in [2.75, 3.05) is 7.05 Å². The first-order valence-electron chi connectivity index (χ1n) is 6.68. The zero-order chi connectivity index (χ0) is 15.6. The van der Waals surface area contributed by atoms with Gasteiger partial charge in [0.05, 0.1) is 5.69 Å². The smallest absolute Gasteiger partial charge is 0.133 e. The van der Waals surface area contributed by atoms with Crippen molar-refractivity contribution in [2.45, 2.75) is 27.0 Å². The molecule has 4 nitrogen and oxygen atoms in total. The molecule has 0 spiro atoms. The number of aryl methyl sites for hydroxylation is 3. The zero-order valence-corrected chi connectivity index (χ0v) is 15.0. The lowest BCUT2D eigenvalue weighted by Gasteiger charge is -2.15. The SMILES string of the molecule is CNCc1cc(Br)cc(C)c1OCc1c(C)nn(C)c1Cl. The number of halogens is 2. The number of rotatable bonds is 5. The molecule has 0 saturated heterocycles. The molecule has 0 atom stereocenters. The molecule has 0 unspecified atom stereocenters. The summed E-state index contributed by atoms with van der Waals surface area (Å²) in [6, 6.07) is 4.11. The quantitative estimate of drug-likeness (QED) is 0.869. The van der Waals surface area contributed by atoms with Gasteiger partial charge in [-0.3, -0.25) is 4.68 Å². The van der Waals surface area contributed by atoms with Gasteiger partial charge in [0.15, 0.2) is 0 Å². The van der Waals surface area contributed by atoms with Crippen LogP contribution in [0.25, 0.3) is 0 Å². The maximum Gasteiger partial charge on any atom is 0.133 e. The van der Waals surface area contributed by atoms with Crippen LogP contribution >= 0.6 is 27.5 Å². The van der Waals surface area contributed by atoms with E-state index in [0.717, 1.165) is 39.2 Å². The minimum absolute atomic E-state index is 0.414. The van der Waals surface area contributed by atoms with Crippen LogP contribution < -0.4 is 10.1 Å². The van der Waals surface area contributed by atoms with Crippen molar-refractivity contribution >= 4 is 27.5 Å². The van der Waals surface area contributed by atoms with Crippen molar-refractivity contribution in [3.8, 4) is 5.75 Å². The summed E-state index contributed by atoms with van der Waals surface area (Å²) in [6.07, 6.45) is 0. The molecule has 0 aliphatic heterocycles. The largest absolute Gasteiger partial charge is 0.488 e. The molecule has 0 radical (unpaired) electrons. The minimum atomic E-state index is 0.414. The molecular weight excluding hydrogens is 354 g/mol. The van der Waals surface area contributed by atoms with E-state index in [4.69, 9.17) is 16.3 Å². The highest BCUT2D eigenvalue weighted by Gasteiger charge is 2.14. The molecule has 6 heteroatoms. The fourth-order valence-corrected chi connectivity index (χ4v) is 3.16. The van der Waals surface area contributed by atoms with Crippen molar-refractivity contribution < 1.29 is 4.74 Å². The van der Waals surface area contributed by atoms with Crippen molar-refractivity contribution in [3.05, 3.63) is 44.1 Å². The Balaban J connectivity index is 2.27. The second-order valence-corrected chi connectivity index (χ2v) is 6.28. The molecule has 2 rings (SSSR count). The summed E-state index contributed by atoms with van der Waals surface area (Å²) < 4.78 is 8.75. The fourth-order valence-electron chi connectivity index (χ4n) is 2.31. The second kappa shape index (κ2) is 6.81. The average molecular weight is 373 g/mol. The van der Waals surface area contributed by atoms with Gasteiger partial charge < -0.3 is 10.1 Å². The first-order valence-corrected chi connectivity index (χ1v) is 7.85. The van der Waals surface area contributed by atoms with Crippen molar-refractivity contribution in [2.24, 2.45) is 7.05 Å². The van der Waals surface area contributed by atoms with Crippen LogP contribution in [-0.2, 0) is 20.2 Å². The first-order chi connectivity index (χ1) is 9.93. The van der Waals surface area contributed by atoms with E-state index in [9.17, 15) is 0 Å². The van der Waals surface area contributed by atoms with Crippen molar-refractivity contribution in [1.29, 1.82) is 0 Å². The van der Waals surface area contributed by atoms with E-state index >= 15 is 0 Å². The summed E-state index contributed by atoms with van der Waals surface area (Å²) in [5.41, 5.74) is 4.03. The lowest BCUT2D eigenvalue weighted by molar-refractivity contribution is 0.299. The van der Waals surface area contributed by atoms with E-state index in [-0.39, 0.29) is 0 Å². The number of hydrogen-bond donors (Lipinski definition) is 1. The number of nitrogens with one attached hydrogen (secondary N) is 1. The topological polar surface area (TPSA) is 39.1 Å². The Morgan fingerprint density at radius 3 is 2.67 bits per heavy atom. The first kappa shape index (κ1) is 16.3. The van der Waals surface area contributed by atoms with Crippen molar-refractivity contribution in [1.82, 2.24) is 15.1 Å². The monoisotopic (exact) mass is 371 g/mol. The van der Waals surface area contributed by atoms with Crippen LogP contribution in [0.1, 0.15) is 22.4 Å². The molecule has 0 fully saturated rings. The van der Waals surface area contributed by atoms with E-state index in [2.05, 4.69) is 32.4 Å². The summed E-state index contributed by atoms with van der Waals surface area (Å²) in [4.78, 5) is 0. The summed E-state index contributed by atoms with van der Waals surface area (Å²) in [5.74, 6) is 0.895. The van der Waals surface area contributed by atoms with Crippen molar-refractivity contribution in [3.63, 3.8) is 0 Å². The predicted octanol–water partition coefficient (Wildman–Crippen LogP) is 3.75. The number of ether oxygens (including phenoxy) is 1. The van der Waals surface area contributed by atoms with Gasteiger partial charge in [-0.1, -0.05) is 27.5 Å². The fraction of sp³-hybridized carbons (Fsp3) is 0.400. The lowest BCUT2D eigenvalue weighted by atomic mass is 10.1. The standard InChI is InChI=1S/C15H19BrClN3O/c1-9-5-12(16)6-11(7-18-3)14(9)21-8-13-10(2)19-20(4)15(13)17/h5-6,18H,7-8H2,1-4H3. The summed E-state index contributed by atoms with van der Waals surface area (Å²) >= 11 is 9.77. The molecular formula is C15H19BrClN3O. The average Bonchev–Trinajstić information content (AvgIpc) is 2.64. The Morgan fingerprint density at radius 2 is 2.10 bits per heavy atom.